The number of aryl methyl sites for hydroxylation is 2. The second kappa shape index (κ2) is 6.28. The molecular formula is C19H18BrNO2. The molecule has 0 aromatic heterocycles. The summed E-state index contributed by atoms with van der Waals surface area (Å²) in [5, 5.41) is 0. The van der Waals surface area contributed by atoms with Gasteiger partial charge in [0.1, 0.15) is 0 Å². The second-order valence-electron chi connectivity index (χ2n) is 6.09. The van der Waals surface area contributed by atoms with Crippen LogP contribution in [0.25, 0.3) is 0 Å². The molecule has 0 saturated carbocycles. The Morgan fingerprint density at radius 3 is 2.48 bits per heavy atom. The lowest BCUT2D eigenvalue weighted by atomic mass is 9.98. The third kappa shape index (κ3) is 3.22. The van der Waals surface area contributed by atoms with E-state index in [1.165, 1.54) is 4.90 Å². The summed E-state index contributed by atoms with van der Waals surface area (Å²) in [5.74, 6) is -0.471. The van der Waals surface area contributed by atoms with Crippen LogP contribution in [-0.4, -0.2) is 11.8 Å². The van der Waals surface area contributed by atoms with Crippen molar-refractivity contribution in [3.63, 3.8) is 0 Å². The Morgan fingerprint density at radius 1 is 1.09 bits per heavy atom. The monoisotopic (exact) mass is 371 g/mol. The molecule has 0 aliphatic carbocycles. The summed E-state index contributed by atoms with van der Waals surface area (Å²) in [5.41, 5.74) is 3.78. The van der Waals surface area contributed by atoms with Crippen LogP contribution in [0, 0.1) is 19.8 Å². The van der Waals surface area contributed by atoms with Crippen molar-refractivity contribution in [1.82, 2.24) is 0 Å². The van der Waals surface area contributed by atoms with Crippen molar-refractivity contribution in [1.29, 1.82) is 0 Å². The summed E-state index contributed by atoms with van der Waals surface area (Å²) in [4.78, 5) is 26.5. The topological polar surface area (TPSA) is 37.4 Å². The molecule has 3 rings (SSSR count). The zero-order chi connectivity index (χ0) is 16.6. The first kappa shape index (κ1) is 15.9. The zero-order valence-corrected chi connectivity index (χ0v) is 14.8. The van der Waals surface area contributed by atoms with Crippen LogP contribution in [0.15, 0.2) is 46.9 Å². The Labute approximate surface area is 144 Å². The van der Waals surface area contributed by atoms with Gasteiger partial charge in [-0.25, -0.2) is 0 Å². The van der Waals surface area contributed by atoms with E-state index in [2.05, 4.69) is 15.9 Å². The Hall–Kier alpha value is -1.94. The molecule has 1 aliphatic heterocycles. The number of amides is 2. The summed E-state index contributed by atoms with van der Waals surface area (Å²) >= 11 is 3.41. The van der Waals surface area contributed by atoms with Crippen molar-refractivity contribution in [2.75, 3.05) is 4.90 Å². The summed E-state index contributed by atoms with van der Waals surface area (Å²) in [6, 6.07) is 13.7. The van der Waals surface area contributed by atoms with Gasteiger partial charge in [-0.3, -0.25) is 14.5 Å². The van der Waals surface area contributed by atoms with Gasteiger partial charge < -0.3 is 0 Å². The maximum Gasteiger partial charge on any atom is 0.237 e. The fourth-order valence-electron chi connectivity index (χ4n) is 2.97. The number of benzene rings is 2. The first-order valence-corrected chi connectivity index (χ1v) is 8.43. The average Bonchev–Trinajstić information content (AvgIpc) is 2.78. The molecule has 1 atom stereocenters. The highest BCUT2D eigenvalue weighted by Gasteiger charge is 2.39. The number of imide groups is 1. The number of hydrogen-bond acceptors (Lipinski definition) is 2. The fourth-order valence-corrected chi connectivity index (χ4v) is 3.24. The van der Waals surface area contributed by atoms with E-state index in [-0.39, 0.29) is 24.2 Å². The van der Waals surface area contributed by atoms with Crippen molar-refractivity contribution in [3.05, 3.63) is 63.6 Å². The van der Waals surface area contributed by atoms with Crippen LogP contribution in [0.2, 0.25) is 0 Å². The molecule has 1 heterocycles. The van der Waals surface area contributed by atoms with Gasteiger partial charge in [0.05, 0.1) is 11.6 Å². The summed E-state index contributed by atoms with van der Waals surface area (Å²) in [7, 11) is 0. The minimum atomic E-state index is -0.274. The molecule has 1 aliphatic rings. The van der Waals surface area contributed by atoms with Crippen LogP contribution in [0.3, 0.4) is 0 Å². The normalized spacial score (nSPS) is 17.9. The van der Waals surface area contributed by atoms with Gasteiger partial charge in [-0.2, -0.15) is 0 Å². The molecule has 118 valence electrons. The highest BCUT2D eigenvalue weighted by Crippen LogP contribution is 2.31. The van der Waals surface area contributed by atoms with E-state index in [9.17, 15) is 9.59 Å². The smallest absolute Gasteiger partial charge is 0.237 e. The van der Waals surface area contributed by atoms with Gasteiger partial charge in [0.15, 0.2) is 0 Å². The first-order valence-electron chi connectivity index (χ1n) is 7.64. The number of hydrogen-bond donors (Lipinski definition) is 0. The van der Waals surface area contributed by atoms with E-state index < -0.39 is 0 Å². The molecule has 0 N–H and O–H groups in total. The lowest BCUT2D eigenvalue weighted by Crippen LogP contribution is -2.31. The van der Waals surface area contributed by atoms with Gasteiger partial charge >= 0.3 is 0 Å². The van der Waals surface area contributed by atoms with Crippen LogP contribution >= 0.6 is 15.9 Å². The van der Waals surface area contributed by atoms with E-state index >= 15 is 0 Å². The molecule has 0 spiro atoms. The van der Waals surface area contributed by atoms with Gasteiger partial charge in [-0.05, 0) is 55.2 Å². The highest BCUT2D eigenvalue weighted by molar-refractivity contribution is 9.10. The third-order valence-electron chi connectivity index (χ3n) is 4.24. The average molecular weight is 372 g/mol. The molecule has 2 aromatic rings. The molecule has 1 fully saturated rings. The predicted molar refractivity (Wildman–Crippen MR) is 94.4 cm³/mol. The Balaban J connectivity index is 1.85. The lowest BCUT2D eigenvalue weighted by molar-refractivity contribution is -0.122. The highest BCUT2D eigenvalue weighted by atomic mass is 79.9. The van der Waals surface area contributed by atoms with Gasteiger partial charge in [-0.15, -0.1) is 0 Å². The van der Waals surface area contributed by atoms with Crippen molar-refractivity contribution in [2.45, 2.75) is 26.7 Å². The Kier molecular flexibility index (Phi) is 4.35. The van der Waals surface area contributed by atoms with Gasteiger partial charge in [0.2, 0.25) is 11.8 Å². The summed E-state index contributed by atoms with van der Waals surface area (Å²) in [6.45, 7) is 3.89. The predicted octanol–water partition coefficient (Wildman–Crippen LogP) is 4.19. The number of nitrogens with zero attached hydrogens (tertiary/aromatic N) is 1. The third-order valence-corrected chi connectivity index (χ3v) is 4.77. The molecule has 2 amide bonds. The van der Waals surface area contributed by atoms with Crippen LogP contribution < -0.4 is 4.90 Å². The number of carbonyl (C=O) groups excluding carboxylic acids is 2. The molecule has 1 saturated heterocycles. The van der Waals surface area contributed by atoms with E-state index in [4.69, 9.17) is 0 Å². The maximum absolute atomic E-state index is 12.7. The van der Waals surface area contributed by atoms with Crippen molar-refractivity contribution < 1.29 is 9.59 Å². The molecule has 0 radical (unpaired) electrons. The summed E-state index contributed by atoms with van der Waals surface area (Å²) in [6.07, 6.45) is 0.876. The largest absolute Gasteiger partial charge is 0.274 e. The van der Waals surface area contributed by atoms with Crippen LogP contribution in [0.1, 0.15) is 23.1 Å². The SMILES string of the molecule is Cc1ccc(C)c(N2C(=O)C[C@@H](Cc3ccc(Br)cc3)C2=O)c1. The number of anilines is 1. The zero-order valence-electron chi connectivity index (χ0n) is 13.2. The maximum atomic E-state index is 12.7. The molecule has 3 nitrogen and oxygen atoms in total. The summed E-state index contributed by atoms with van der Waals surface area (Å²) < 4.78 is 1.01. The first-order chi connectivity index (χ1) is 11.0. The van der Waals surface area contributed by atoms with E-state index in [0.29, 0.717) is 6.42 Å². The van der Waals surface area contributed by atoms with E-state index in [1.54, 1.807) is 0 Å². The van der Waals surface area contributed by atoms with E-state index in [1.807, 2.05) is 56.3 Å². The van der Waals surface area contributed by atoms with Crippen molar-refractivity contribution >= 4 is 33.4 Å². The van der Waals surface area contributed by atoms with Gasteiger partial charge in [-0.1, -0.05) is 40.2 Å². The van der Waals surface area contributed by atoms with Crippen LogP contribution in [0.4, 0.5) is 5.69 Å². The molecule has 0 unspecified atom stereocenters. The number of carbonyl (C=O) groups is 2. The fraction of sp³-hybridized carbons (Fsp3) is 0.263. The molecule has 2 aromatic carbocycles. The van der Waals surface area contributed by atoms with Crippen LogP contribution in [0.5, 0.6) is 0 Å². The minimum absolute atomic E-state index is 0.0911. The van der Waals surface area contributed by atoms with Gasteiger partial charge in [0.25, 0.3) is 0 Å². The Bertz CT molecular complexity index is 767. The number of rotatable bonds is 3. The van der Waals surface area contributed by atoms with Crippen LogP contribution in [-0.2, 0) is 16.0 Å². The quantitative estimate of drug-likeness (QED) is 0.758. The molecule has 23 heavy (non-hydrogen) atoms. The lowest BCUT2D eigenvalue weighted by Gasteiger charge is -2.18. The minimum Gasteiger partial charge on any atom is -0.274 e. The molecular weight excluding hydrogens is 354 g/mol. The molecule has 4 heteroatoms. The molecule has 0 bridgehead atoms. The number of halogens is 1. The second-order valence-corrected chi connectivity index (χ2v) is 7.00. The Morgan fingerprint density at radius 2 is 1.78 bits per heavy atom. The van der Waals surface area contributed by atoms with Gasteiger partial charge in [0, 0.05) is 10.9 Å². The van der Waals surface area contributed by atoms with Crippen molar-refractivity contribution in [3.8, 4) is 0 Å². The van der Waals surface area contributed by atoms with Crippen molar-refractivity contribution in [2.24, 2.45) is 5.92 Å². The van der Waals surface area contributed by atoms with E-state index in [0.717, 1.165) is 26.9 Å². The standard InChI is InChI=1S/C19H18BrNO2/c1-12-3-4-13(2)17(9-12)21-18(22)11-15(19(21)23)10-14-5-7-16(20)8-6-14/h3-9,15H,10-11H2,1-2H3/t15-/m1/s1.